The lowest BCUT2D eigenvalue weighted by Crippen LogP contribution is -2.46. The van der Waals surface area contributed by atoms with E-state index in [1.165, 1.54) is 6.42 Å². The molecule has 2 aliphatic rings. The Morgan fingerprint density at radius 3 is 2.76 bits per heavy atom. The molecule has 2 rings (SSSR count). The smallest absolute Gasteiger partial charge is 0.338 e. The van der Waals surface area contributed by atoms with Gasteiger partial charge in [-0.15, -0.1) is 0 Å². The molecule has 6 heteroatoms. The van der Waals surface area contributed by atoms with Crippen LogP contribution in [0.25, 0.3) is 0 Å². The molecule has 21 heavy (non-hydrogen) atoms. The van der Waals surface area contributed by atoms with E-state index in [2.05, 4.69) is 19.2 Å². The van der Waals surface area contributed by atoms with Crippen molar-refractivity contribution in [2.45, 2.75) is 45.3 Å². The Balaban J connectivity index is 1.70. The number of nitrogens with one attached hydrogen (secondary N) is 1. The molecule has 1 saturated carbocycles. The van der Waals surface area contributed by atoms with E-state index in [4.69, 9.17) is 14.2 Å². The van der Waals surface area contributed by atoms with Crippen LogP contribution in [0.5, 0.6) is 0 Å². The molecule has 2 fully saturated rings. The first-order valence-electron chi connectivity index (χ1n) is 7.73. The fourth-order valence-corrected chi connectivity index (χ4v) is 2.89. The summed E-state index contributed by atoms with van der Waals surface area (Å²) in [5.74, 6) is 0.286. The molecule has 1 N–H and O–H groups in total. The van der Waals surface area contributed by atoms with Gasteiger partial charge in [-0.05, 0) is 18.3 Å². The summed E-state index contributed by atoms with van der Waals surface area (Å²) in [5, 5.41) is 2.97. The van der Waals surface area contributed by atoms with Crippen molar-refractivity contribution in [1.82, 2.24) is 5.32 Å². The summed E-state index contributed by atoms with van der Waals surface area (Å²) in [4.78, 5) is 23.6. The van der Waals surface area contributed by atoms with Crippen molar-refractivity contribution in [3.8, 4) is 0 Å². The van der Waals surface area contributed by atoms with E-state index < -0.39 is 12.1 Å². The third-order valence-corrected chi connectivity index (χ3v) is 4.48. The number of amides is 1. The summed E-state index contributed by atoms with van der Waals surface area (Å²) in [6.45, 7) is 5.18. The Kier molecular flexibility index (Phi) is 5.99. The highest BCUT2D eigenvalue weighted by molar-refractivity contribution is 5.82. The molecular weight excluding hydrogens is 274 g/mol. The largest absolute Gasteiger partial charge is 0.454 e. The van der Waals surface area contributed by atoms with Crippen molar-refractivity contribution in [3.05, 3.63) is 0 Å². The van der Waals surface area contributed by atoms with Crippen molar-refractivity contribution in [3.63, 3.8) is 0 Å². The second-order valence-electron chi connectivity index (χ2n) is 5.98. The number of ether oxygens (including phenoxy) is 3. The molecule has 1 aliphatic carbocycles. The molecule has 0 bridgehead atoms. The van der Waals surface area contributed by atoms with Crippen LogP contribution >= 0.6 is 0 Å². The predicted octanol–water partition coefficient (Wildman–Crippen LogP) is 0.886. The predicted molar refractivity (Wildman–Crippen MR) is 75.6 cm³/mol. The Labute approximate surface area is 125 Å². The number of hydrogen-bond donors (Lipinski definition) is 1. The second-order valence-corrected chi connectivity index (χ2v) is 5.98. The highest BCUT2D eigenvalue weighted by Gasteiger charge is 2.29. The van der Waals surface area contributed by atoms with Gasteiger partial charge in [0.1, 0.15) is 0 Å². The summed E-state index contributed by atoms with van der Waals surface area (Å²) in [5.41, 5.74) is 0. The standard InChI is InChI=1S/C15H25NO5/c1-10-4-3-5-12(11(10)2)16-14(17)9-21-15(18)13-8-19-6-7-20-13/h10-13H,3-9H2,1-2H3,(H,16,17)/t10-,11-,12+,13+/m1/s1. The fraction of sp³-hybridized carbons (Fsp3) is 0.867. The Morgan fingerprint density at radius 2 is 2.05 bits per heavy atom. The van der Waals surface area contributed by atoms with Gasteiger partial charge in [-0.25, -0.2) is 4.79 Å². The summed E-state index contributed by atoms with van der Waals surface area (Å²) < 4.78 is 15.3. The van der Waals surface area contributed by atoms with Gasteiger partial charge >= 0.3 is 5.97 Å². The Hall–Kier alpha value is -1.14. The summed E-state index contributed by atoms with van der Waals surface area (Å²) in [6.07, 6.45) is 2.62. The van der Waals surface area contributed by atoms with Crippen molar-refractivity contribution in [2.24, 2.45) is 11.8 Å². The maximum atomic E-state index is 11.9. The fourth-order valence-electron chi connectivity index (χ4n) is 2.89. The maximum absolute atomic E-state index is 11.9. The van der Waals surface area contributed by atoms with Gasteiger partial charge in [0.25, 0.3) is 5.91 Å². The maximum Gasteiger partial charge on any atom is 0.338 e. The van der Waals surface area contributed by atoms with Gasteiger partial charge in [0.2, 0.25) is 0 Å². The molecule has 1 saturated heterocycles. The van der Waals surface area contributed by atoms with Gasteiger partial charge in [-0.2, -0.15) is 0 Å². The van der Waals surface area contributed by atoms with Gasteiger partial charge in [0.15, 0.2) is 12.7 Å². The molecule has 0 aromatic carbocycles. The summed E-state index contributed by atoms with van der Waals surface area (Å²) in [7, 11) is 0. The molecule has 1 heterocycles. The van der Waals surface area contributed by atoms with Crippen molar-refractivity contribution in [2.75, 3.05) is 26.4 Å². The number of hydrogen-bond acceptors (Lipinski definition) is 5. The number of carbonyl (C=O) groups excluding carboxylic acids is 2. The third-order valence-electron chi connectivity index (χ3n) is 4.48. The minimum absolute atomic E-state index is 0.175. The molecule has 0 unspecified atom stereocenters. The zero-order chi connectivity index (χ0) is 15.2. The first-order chi connectivity index (χ1) is 10.1. The molecule has 0 aromatic rings. The quantitative estimate of drug-likeness (QED) is 0.780. The van der Waals surface area contributed by atoms with E-state index in [0.29, 0.717) is 25.0 Å². The summed E-state index contributed by atoms with van der Waals surface area (Å²) in [6, 6.07) is 0.175. The van der Waals surface area contributed by atoms with Gasteiger partial charge in [0.05, 0.1) is 19.8 Å². The van der Waals surface area contributed by atoms with Crippen LogP contribution < -0.4 is 5.32 Å². The Morgan fingerprint density at radius 1 is 1.24 bits per heavy atom. The van der Waals surface area contributed by atoms with E-state index in [-0.39, 0.29) is 25.2 Å². The number of esters is 1. The minimum Gasteiger partial charge on any atom is -0.454 e. The van der Waals surface area contributed by atoms with Gasteiger partial charge in [-0.1, -0.05) is 26.7 Å². The van der Waals surface area contributed by atoms with Crippen LogP contribution in [-0.2, 0) is 23.8 Å². The highest BCUT2D eigenvalue weighted by Crippen LogP contribution is 2.29. The molecule has 0 aromatic heterocycles. The van der Waals surface area contributed by atoms with Crippen molar-refractivity contribution >= 4 is 11.9 Å². The molecular formula is C15H25NO5. The molecule has 1 amide bonds. The van der Waals surface area contributed by atoms with Crippen molar-refractivity contribution in [1.29, 1.82) is 0 Å². The van der Waals surface area contributed by atoms with E-state index in [1.54, 1.807) is 0 Å². The van der Waals surface area contributed by atoms with Crippen LogP contribution in [0.1, 0.15) is 33.1 Å². The zero-order valence-corrected chi connectivity index (χ0v) is 12.8. The normalized spacial score (nSPS) is 33.2. The van der Waals surface area contributed by atoms with Crippen molar-refractivity contribution < 1.29 is 23.8 Å². The van der Waals surface area contributed by atoms with Crippen LogP contribution in [0.2, 0.25) is 0 Å². The molecule has 6 nitrogen and oxygen atoms in total. The van der Waals surface area contributed by atoms with Crippen LogP contribution in [0.15, 0.2) is 0 Å². The highest BCUT2D eigenvalue weighted by atomic mass is 16.6. The lowest BCUT2D eigenvalue weighted by Gasteiger charge is -2.34. The SMILES string of the molecule is C[C@@H]1[C@H](C)CCC[C@@H]1NC(=O)COC(=O)[C@@H]1COCCO1. The summed E-state index contributed by atoms with van der Waals surface area (Å²) >= 11 is 0. The minimum atomic E-state index is -0.708. The first kappa shape index (κ1) is 16.2. The third kappa shape index (κ3) is 4.68. The lowest BCUT2D eigenvalue weighted by molar-refractivity contribution is -0.172. The van der Waals surface area contributed by atoms with Gasteiger partial charge < -0.3 is 19.5 Å². The van der Waals surface area contributed by atoms with E-state index in [0.717, 1.165) is 12.8 Å². The van der Waals surface area contributed by atoms with Crippen LogP contribution in [0, 0.1) is 11.8 Å². The number of rotatable bonds is 4. The zero-order valence-electron chi connectivity index (χ0n) is 12.8. The van der Waals surface area contributed by atoms with E-state index in [1.807, 2.05) is 0 Å². The Bertz CT molecular complexity index is 367. The average Bonchev–Trinajstić information content (AvgIpc) is 2.50. The topological polar surface area (TPSA) is 73.9 Å². The van der Waals surface area contributed by atoms with Gasteiger partial charge in [0, 0.05) is 6.04 Å². The first-order valence-corrected chi connectivity index (χ1v) is 7.73. The van der Waals surface area contributed by atoms with Crippen LogP contribution in [0.4, 0.5) is 0 Å². The molecule has 120 valence electrons. The lowest BCUT2D eigenvalue weighted by atomic mass is 9.78. The van der Waals surface area contributed by atoms with E-state index in [9.17, 15) is 9.59 Å². The second kappa shape index (κ2) is 7.75. The molecule has 1 aliphatic heterocycles. The monoisotopic (exact) mass is 299 g/mol. The molecule has 0 radical (unpaired) electrons. The van der Waals surface area contributed by atoms with Crippen LogP contribution in [0.3, 0.4) is 0 Å². The molecule has 4 atom stereocenters. The number of carbonyl (C=O) groups is 2. The van der Waals surface area contributed by atoms with Crippen LogP contribution in [-0.4, -0.2) is 50.4 Å². The average molecular weight is 299 g/mol. The van der Waals surface area contributed by atoms with E-state index >= 15 is 0 Å². The molecule has 0 spiro atoms. The van der Waals surface area contributed by atoms with Gasteiger partial charge in [-0.3, -0.25) is 4.79 Å².